The SMILES string of the molecule is O=C(Nc1ccc(C2=CSC3=NCCN23)cc1)c1ccc(Cl)c(Cl)c1. The minimum absolute atomic E-state index is 0.226. The molecule has 25 heavy (non-hydrogen) atoms. The molecule has 0 spiro atoms. The van der Waals surface area contributed by atoms with Crippen molar-refractivity contribution in [1.82, 2.24) is 4.90 Å². The lowest BCUT2D eigenvalue weighted by Gasteiger charge is -2.17. The second kappa shape index (κ2) is 6.75. The van der Waals surface area contributed by atoms with Gasteiger partial charge in [0.25, 0.3) is 5.91 Å². The van der Waals surface area contributed by atoms with Crippen LogP contribution in [0.2, 0.25) is 10.0 Å². The maximum Gasteiger partial charge on any atom is 0.255 e. The van der Waals surface area contributed by atoms with Crippen LogP contribution in [0.5, 0.6) is 0 Å². The number of thioether (sulfide) groups is 1. The maximum atomic E-state index is 12.3. The monoisotopic (exact) mass is 389 g/mol. The Morgan fingerprint density at radius 2 is 1.92 bits per heavy atom. The van der Waals surface area contributed by atoms with Crippen molar-refractivity contribution in [2.24, 2.45) is 4.99 Å². The number of amidine groups is 1. The summed E-state index contributed by atoms with van der Waals surface area (Å²) in [7, 11) is 0. The predicted octanol–water partition coefficient (Wildman–Crippen LogP) is 4.96. The number of hydrogen-bond donors (Lipinski definition) is 1. The van der Waals surface area contributed by atoms with Gasteiger partial charge in [-0.1, -0.05) is 47.1 Å². The van der Waals surface area contributed by atoms with E-state index in [1.165, 1.54) is 0 Å². The van der Waals surface area contributed by atoms with Gasteiger partial charge in [0.05, 0.1) is 22.3 Å². The van der Waals surface area contributed by atoms with Crippen LogP contribution in [0.15, 0.2) is 52.9 Å². The standard InChI is InChI=1S/C18H13Cl2N3OS/c19-14-6-3-12(9-15(14)20)17(24)22-13-4-1-11(2-5-13)16-10-25-18-21-7-8-23(16)18/h1-6,9-10H,7-8H2,(H,22,24). The number of benzene rings is 2. The molecule has 4 rings (SSSR count). The van der Waals surface area contributed by atoms with E-state index in [2.05, 4.69) is 20.6 Å². The largest absolute Gasteiger partial charge is 0.322 e. The zero-order valence-electron chi connectivity index (χ0n) is 13.0. The summed E-state index contributed by atoms with van der Waals surface area (Å²) in [5, 5.41) is 6.83. The molecule has 0 aromatic heterocycles. The quantitative estimate of drug-likeness (QED) is 0.806. The summed E-state index contributed by atoms with van der Waals surface area (Å²) in [6.45, 7) is 1.77. The summed E-state index contributed by atoms with van der Waals surface area (Å²) in [4.78, 5) is 19.0. The number of nitrogens with zero attached hydrogens (tertiary/aromatic N) is 2. The summed E-state index contributed by atoms with van der Waals surface area (Å²) in [5.74, 6) is -0.226. The summed E-state index contributed by atoms with van der Waals surface area (Å²) >= 11 is 13.5. The number of anilines is 1. The van der Waals surface area contributed by atoms with Gasteiger partial charge in [-0.3, -0.25) is 9.79 Å². The fraction of sp³-hybridized carbons (Fsp3) is 0.111. The van der Waals surface area contributed by atoms with Crippen molar-refractivity contribution >= 4 is 57.4 Å². The molecule has 0 saturated heterocycles. The lowest BCUT2D eigenvalue weighted by Crippen LogP contribution is -2.19. The molecule has 2 aromatic rings. The Labute approximate surface area is 159 Å². The van der Waals surface area contributed by atoms with Gasteiger partial charge >= 0.3 is 0 Å². The van der Waals surface area contributed by atoms with Crippen molar-refractivity contribution in [2.45, 2.75) is 0 Å². The van der Waals surface area contributed by atoms with Crippen LogP contribution in [0.25, 0.3) is 5.70 Å². The molecular weight excluding hydrogens is 377 g/mol. The lowest BCUT2D eigenvalue weighted by molar-refractivity contribution is 0.102. The van der Waals surface area contributed by atoms with Gasteiger partial charge in [0.2, 0.25) is 0 Å². The van der Waals surface area contributed by atoms with Crippen molar-refractivity contribution in [3.05, 3.63) is 69.0 Å². The molecule has 0 radical (unpaired) electrons. The zero-order chi connectivity index (χ0) is 17.4. The Bertz CT molecular complexity index is 909. The van der Waals surface area contributed by atoms with E-state index >= 15 is 0 Å². The minimum Gasteiger partial charge on any atom is -0.322 e. The third-order valence-corrected chi connectivity index (χ3v) is 5.63. The number of carbonyl (C=O) groups is 1. The molecule has 1 amide bonds. The van der Waals surface area contributed by atoms with Crippen LogP contribution in [0, 0.1) is 0 Å². The molecule has 0 fully saturated rings. The second-order valence-corrected chi connectivity index (χ2v) is 7.25. The molecule has 0 bridgehead atoms. The Morgan fingerprint density at radius 1 is 1.12 bits per heavy atom. The molecule has 2 aliphatic heterocycles. The third kappa shape index (κ3) is 3.27. The molecule has 0 aliphatic carbocycles. The van der Waals surface area contributed by atoms with Gasteiger partial charge < -0.3 is 10.2 Å². The molecular formula is C18H13Cl2N3OS. The normalized spacial score (nSPS) is 15.7. The van der Waals surface area contributed by atoms with Crippen LogP contribution in [0.3, 0.4) is 0 Å². The summed E-state index contributed by atoms with van der Waals surface area (Å²) in [6, 6.07) is 12.6. The molecule has 0 saturated carbocycles. The van der Waals surface area contributed by atoms with E-state index in [0.717, 1.165) is 35.2 Å². The number of halogens is 2. The number of amides is 1. The first-order chi connectivity index (χ1) is 12.1. The number of carbonyl (C=O) groups excluding carboxylic acids is 1. The van der Waals surface area contributed by atoms with Crippen LogP contribution in [0.1, 0.15) is 15.9 Å². The van der Waals surface area contributed by atoms with E-state index in [4.69, 9.17) is 23.2 Å². The van der Waals surface area contributed by atoms with Crippen molar-refractivity contribution in [1.29, 1.82) is 0 Å². The van der Waals surface area contributed by atoms with Crippen LogP contribution in [-0.4, -0.2) is 29.1 Å². The zero-order valence-corrected chi connectivity index (χ0v) is 15.3. The Morgan fingerprint density at radius 3 is 2.68 bits per heavy atom. The van der Waals surface area contributed by atoms with Gasteiger partial charge in [-0.2, -0.15) is 0 Å². The number of nitrogens with one attached hydrogen (secondary N) is 1. The Balaban J connectivity index is 1.48. The molecule has 0 atom stereocenters. The molecule has 2 aliphatic rings. The van der Waals surface area contributed by atoms with Gasteiger partial charge in [-0.05, 0) is 35.9 Å². The molecule has 126 valence electrons. The summed E-state index contributed by atoms with van der Waals surface area (Å²) < 4.78 is 0. The van der Waals surface area contributed by atoms with Gasteiger partial charge in [0.1, 0.15) is 0 Å². The molecule has 4 nitrogen and oxygen atoms in total. The predicted molar refractivity (Wildman–Crippen MR) is 105 cm³/mol. The molecule has 2 aromatic carbocycles. The average molecular weight is 390 g/mol. The number of aliphatic imine (C=N–C) groups is 1. The fourth-order valence-electron chi connectivity index (χ4n) is 2.71. The van der Waals surface area contributed by atoms with E-state index in [9.17, 15) is 4.79 Å². The number of fused-ring (bicyclic) bond motifs is 1. The number of hydrogen-bond acceptors (Lipinski definition) is 4. The van der Waals surface area contributed by atoms with Crippen molar-refractivity contribution in [3.8, 4) is 0 Å². The minimum atomic E-state index is -0.226. The van der Waals surface area contributed by atoms with Crippen molar-refractivity contribution in [3.63, 3.8) is 0 Å². The summed E-state index contributed by atoms with van der Waals surface area (Å²) in [6.07, 6.45) is 0. The lowest BCUT2D eigenvalue weighted by atomic mass is 10.1. The van der Waals surface area contributed by atoms with Crippen LogP contribution < -0.4 is 5.32 Å². The highest BCUT2D eigenvalue weighted by Gasteiger charge is 2.26. The Hall–Kier alpha value is -1.95. The van der Waals surface area contributed by atoms with Gasteiger partial charge in [-0.25, -0.2) is 0 Å². The highest BCUT2D eigenvalue weighted by molar-refractivity contribution is 8.16. The van der Waals surface area contributed by atoms with Crippen LogP contribution in [0.4, 0.5) is 5.69 Å². The number of rotatable bonds is 3. The van der Waals surface area contributed by atoms with E-state index in [1.54, 1.807) is 30.0 Å². The maximum absolute atomic E-state index is 12.3. The summed E-state index contributed by atoms with van der Waals surface area (Å²) in [5.41, 5.74) is 3.45. The highest BCUT2D eigenvalue weighted by atomic mass is 35.5. The Kier molecular flexibility index (Phi) is 4.46. The molecule has 1 N–H and O–H groups in total. The first kappa shape index (κ1) is 16.5. The average Bonchev–Trinajstić information content (AvgIpc) is 3.21. The van der Waals surface area contributed by atoms with Crippen LogP contribution in [-0.2, 0) is 0 Å². The van der Waals surface area contributed by atoms with Gasteiger partial charge in [-0.15, -0.1) is 0 Å². The fourth-order valence-corrected chi connectivity index (χ4v) is 3.97. The van der Waals surface area contributed by atoms with E-state index < -0.39 is 0 Å². The van der Waals surface area contributed by atoms with Crippen LogP contribution >= 0.6 is 35.0 Å². The van der Waals surface area contributed by atoms with E-state index in [0.29, 0.717) is 15.6 Å². The smallest absolute Gasteiger partial charge is 0.255 e. The first-order valence-corrected chi connectivity index (χ1v) is 9.31. The molecule has 0 unspecified atom stereocenters. The van der Waals surface area contributed by atoms with E-state index in [-0.39, 0.29) is 5.91 Å². The van der Waals surface area contributed by atoms with Crippen molar-refractivity contribution in [2.75, 3.05) is 18.4 Å². The second-order valence-electron chi connectivity index (χ2n) is 5.60. The highest BCUT2D eigenvalue weighted by Crippen LogP contribution is 2.35. The molecule has 7 heteroatoms. The van der Waals surface area contributed by atoms with Crippen molar-refractivity contribution < 1.29 is 4.79 Å². The van der Waals surface area contributed by atoms with Gasteiger partial charge in [0.15, 0.2) is 5.17 Å². The third-order valence-electron chi connectivity index (χ3n) is 3.99. The van der Waals surface area contributed by atoms with Gasteiger partial charge in [0, 0.05) is 23.2 Å². The topological polar surface area (TPSA) is 44.7 Å². The molecule has 2 heterocycles. The first-order valence-electron chi connectivity index (χ1n) is 7.67. The van der Waals surface area contributed by atoms with E-state index in [1.807, 2.05) is 24.3 Å².